The Labute approximate surface area is 151 Å². The summed E-state index contributed by atoms with van der Waals surface area (Å²) in [5, 5.41) is 0. The number of esters is 1. The number of aromatic nitrogens is 3. The topological polar surface area (TPSA) is 65.6 Å². The van der Waals surface area contributed by atoms with Crippen molar-refractivity contribution in [2.24, 2.45) is 0 Å². The van der Waals surface area contributed by atoms with Crippen LogP contribution in [-0.4, -0.2) is 19.9 Å². The number of pyridine rings is 1. The zero-order valence-electron chi connectivity index (χ0n) is 15.2. The zero-order valence-corrected chi connectivity index (χ0v) is 15.2. The Morgan fingerprint density at radius 2 is 2.04 bits per heavy atom. The summed E-state index contributed by atoms with van der Waals surface area (Å²) in [5.74, 6) is -0.378. The summed E-state index contributed by atoms with van der Waals surface area (Å²) >= 11 is 0. The van der Waals surface area contributed by atoms with E-state index < -0.39 is 0 Å². The van der Waals surface area contributed by atoms with Crippen LogP contribution in [-0.2, 0) is 11.3 Å². The molecule has 3 aromatic rings. The molecule has 1 aliphatic rings. The minimum atomic E-state index is -0.378. The molecule has 0 saturated heterocycles. The van der Waals surface area contributed by atoms with Crippen LogP contribution in [0.3, 0.4) is 0 Å². The number of rotatable bonds is 4. The van der Waals surface area contributed by atoms with Crippen molar-refractivity contribution in [1.29, 1.82) is 0 Å². The minimum Gasteiger partial charge on any atom is -0.456 e. The maximum Gasteiger partial charge on any atom is 0.340 e. The molecule has 6 nitrogen and oxygen atoms in total. The summed E-state index contributed by atoms with van der Waals surface area (Å²) in [5.41, 5.74) is 4.35. The van der Waals surface area contributed by atoms with Crippen LogP contribution >= 0.6 is 0 Å². The molecule has 0 N–H and O–H groups in total. The number of carbonyl (C=O) groups excluding carboxylic acids is 1. The first-order valence-corrected chi connectivity index (χ1v) is 8.79. The van der Waals surface area contributed by atoms with Crippen LogP contribution in [0.25, 0.3) is 5.65 Å². The molecule has 3 aromatic heterocycles. The van der Waals surface area contributed by atoms with Gasteiger partial charge in [-0.2, -0.15) is 0 Å². The van der Waals surface area contributed by atoms with Gasteiger partial charge in [-0.05, 0) is 51.3 Å². The third kappa shape index (κ3) is 2.81. The van der Waals surface area contributed by atoms with E-state index in [1.165, 1.54) is 10.5 Å². The first kappa shape index (κ1) is 16.6. The van der Waals surface area contributed by atoms with Gasteiger partial charge in [-0.25, -0.2) is 9.78 Å². The van der Waals surface area contributed by atoms with Crippen LogP contribution in [0.15, 0.2) is 35.3 Å². The molecule has 0 atom stereocenters. The third-order valence-corrected chi connectivity index (χ3v) is 4.91. The Balaban J connectivity index is 1.57. The fourth-order valence-corrected chi connectivity index (χ4v) is 3.48. The maximum absolute atomic E-state index is 12.5. The highest BCUT2D eigenvalue weighted by Crippen LogP contribution is 2.38. The highest BCUT2D eigenvalue weighted by Gasteiger charge is 2.28. The molecule has 0 aromatic carbocycles. The maximum atomic E-state index is 12.5. The molecule has 0 amide bonds. The lowest BCUT2D eigenvalue weighted by Gasteiger charge is -2.09. The average Bonchev–Trinajstić information content (AvgIpc) is 3.39. The van der Waals surface area contributed by atoms with Crippen LogP contribution < -0.4 is 5.56 Å². The van der Waals surface area contributed by atoms with Gasteiger partial charge in [0, 0.05) is 29.7 Å². The fraction of sp³-hybridized carbons (Fsp3) is 0.350. The summed E-state index contributed by atoms with van der Waals surface area (Å²) in [4.78, 5) is 29.2. The van der Waals surface area contributed by atoms with Crippen LogP contribution in [0.1, 0.15) is 51.9 Å². The molecule has 0 bridgehead atoms. The second-order valence-corrected chi connectivity index (χ2v) is 6.93. The molecule has 4 rings (SSSR count). The van der Waals surface area contributed by atoms with Gasteiger partial charge in [0.25, 0.3) is 5.56 Å². The van der Waals surface area contributed by atoms with Crippen molar-refractivity contribution in [3.05, 3.63) is 69.0 Å². The lowest BCUT2D eigenvalue weighted by molar-refractivity contribution is 0.0466. The van der Waals surface area contributed by atoms with Crippen molar-refractivity contribution < 1.29 is 9.53 Å². The molecule has 0 aliphatic heterocycles. The highest BCUT2D eigenvalue weighted by molar-refractivity contribution is 5.91. The molecule has 3 heterocycles. The number of ether oxygens (including phenoxy) is 1. The van der Waals surface area contributed by atoms with E-state index in [1.54, 1.807) is 12.3 Å². The first-order chi connectivity index (χ1) is 12.5. The SMILES string of the molecule is Cc1cccn2c(=O)cc(COC(=O)c3cc(C)n(C4CC4)c3C)nc12. The van der Waals surface area contributed by atoms with Crippen molar-refractivity contribution in [3.63, 3.8) is 0 Å². The lowest BCUT2D eigenvalue weighted by Crippen LogP contribution is -2.17. The predicted octanol–water partition coefficient (Wildman–Crippen LogP) is 3.11. The second-order valence-electron chi connectivity index (χ2n) is 6.93. The largest absolute Gasteiger partial charge is 0.456 e. The van der Waals surface area contributed by atoms with Crippen molar-refractivity contribution in [2.45, 2.75) is 46.3 Å². The van der Waals surface area contributed by atoms with Gasteiger partial charge in [-0.3, -0.25) is 9.20 Å². The van der Waals surface area contributed by atoms with Crippen molar-refractivity contribution in [3.8, 4) is 0 Å². The van der Waals surface area contributed by atoms with E-state index >= 15 is 0 Å². The first-order valence-electron chi connectivity index (χ1n) is 8.79. The molecule has 134 valence electrons. The molecule has 1 aliphatic carbocycles. The van der Waals surface area contributed by atoms with Gasteiger partial charge in [-0.1, -0.05) is 6.07 Å². The molecule has 0 spiro atoms. The predicted molar refractivity (Wildman–Crippen MR) is 97.5 cm³/mol. The van der Waals surface area contributed by atoms with Crippen LogP contribution in [0.5, 0.6) is 0 Å². The molecule has 0 radical (unpaired) electrons. The molecule has 26 heavy (non-hydrogen) atoms. The number of hydrogen-bond acceptors (Lipinski definition) is 4. The number of aryl methyl sites for hydroxylation is 2. The molecule has 0 unspecified atom stereocenters. The van der Waals surface area contributed by atoms with Gasteiger partial charge in [0.1, 0.15) is 12.3 Å². The van der Waals surface area contributed by atoms with Crippen LogP contribution in [0.4, 0.5) is 0 Å². The summed E-state index contributed by atoms with van der Waals surface area (Å²) in [7, 11) is 0. The Morgan fingerprint density at radius 3 is 2.77 bits per heavy atom. The van der Waals surface area contributed by atoms with E-state index in [4.69, 9.17) is 4.74 Å². The molecular weight excluding hydrogens is 330 g/mol. The lowest BCUT2D eigenvalue weighted by atomic mass is 10.2. The number of carbonyl (C=O) groups is 1. The summed E-state index contributed by atoms with van der Waals surface area (Å²) in [6.45, 7) is 5.83. The Hall–Kier alpha value is -2.89. The summed E-state index contributed by atoms with van der Waals surface area (Å²) in [6.07, 6.45) is 4.00. The van der Waals surface area contributed by atoms with E-state index in [0.29, 0.717) is 22.9 Å². The second kappa shape index (κ2) is 6.12. The smallest absolute Gasteiger partial charge is 0.340 e. The van der Waals surface area contributed by atoms with Gasteiger partial charge < -0.3 is 9.30 Å². The van der Waals surface area contributed by atoms with Gasteiger partial charge in [-0.15, -0.1) is 0 Å². The molecule has 1 fully saturated rings. The quantitative estimate of drug-likeness (QED) is 0.678. The standard InChI is InChI=1S/C20H21N3O3/c1-12-5-4-8-22-18(24)10-15(21-19(12)22)11-26-20(25)17-9-13(2)23(14(17)3)16-6-7-16/h4-5,8-10,16H,6-7,11H2,1-3H3. The summed E-state index contributed by atoms with van der Waals surface area (Å²) < 4.78 is 9.14. The van der Waals surface area contributed by atoms with E-state index in [-0.39, 0.29) is 18.1 Å². The zero-order chi connectivity index (χ0) is 18.4. The number of nitrogens with zero attached hydrogens (tertiary/aromatic N) is 3. The monoisotopic (exact) mass is 351 g/mol. The van der Waals surface area contributed by atoms with Gasteiger partial charge in [0.05, 0.1) is 11.3 Å². The Bertz CT molecular complexity index is 1070. The summed E-state index contributed by atoms with van der Waals surface area (Å²) in [6, 6.07) is 7.50. The van der Waals surface area contributed by atoms with Crippen molar-refractivity contribution in [1.82, 2.24) is 14.0 Å². The van der Waals surface area contributed by atoms with E-state index in [1.807, 2.05) is 32.9 Å². The minimum absolute atomic E-state index is 0.0218. The van der Waals surface area contributed by atoms with Crippen LogP contribution in [0.2, 0.25) is 0 Å². The molecular formula is C20H21N3O3. The average molecular weight is 351 g/mol. The Kier molecular flexibility index (Phi) is 3.90. The number of fused-ring (bicyclic) bond motifs is 1. The van der Waals surface area contributed by atoms with Crippen molar-refractivity contribution >= 4 is 11.6 Å². The highest BCUT2D eigenvalue weighted by atomic mass is 16.5. The third-order valence-electron chi connectivity index (χ3n) is 4.91. The van der Waals surface area contributed by atoms with Gasteiger partial charge >= 0.3 is 5.97 Å². The molecule has 6 heteroatoms. The van der Waals surface area contributed by atoms with Crippen molar-refractivity contribution in [2.75, 3.05) is 0 Å². The van der Waals surface area contributed by atoms with Gasteiger partial charge in [0.15, 0.2) is 0 Å². The van der Waals surface area contributed by atoms with E-state index in [9.17, 15) is 9.59 Å². The Morgan fingerprint density at radius 1 is 1.27 bits per heavy atom. The van der Waals surface area contributed by atoms with Gasteiger partial charge in [0.2, 0.25) is 0 Å². The molecule has 1 saturated carbocycles. The normalized spacial score (nSPS) is 14.0. The van der Waals surface area contributed by atoms with Crippen LogP contribution in [0, 0.1) is 20.8 Å². The van der Waals surface area contributed by atoms with E-state index in [0.717, 1.165) is 29.8 Å². The van der Waals surface area contributed by atoms with E-state index in [2.05, 4.69) is 9.55 Å². The fourth-order valence-electron chi connectivity index (χ4n) is 3.48. The number of hydrogen-bond donors (Lipinski definition) is 0.